The van der Waals surface area contributed by atoms with Gasteiger partial charge in [0.1, 0.15) is 5.82 Å². The van der Waals surface area contributed by atoms with Gasteiger partial charge in [-0.15, -0.1) is 0 Å². The van der Waals surface area contributed by atoms with E-state index < -0.39 is 0 Å². The lowest BCUT2D eigenvalue weighted by atomic mass is 10.1. The molecule has 0 radical (unpaired) electrons. The number of benzene rings is 2. The predicted octanol–water partition coefficient (Wildman–Crippen LogP) is 3.17. The van der Waals surface area contributed by atoms with Gasteiger partial charge in [0, 0.05) is 31.0 Å². The number of carbonyl (C=O) groups is 1. The van der Waals surface area contributed by atoms with Crippen molar-refractivity contribution in [2.24, 2.45) is 0 Å². The van der Waals surface area contributed by atoms with Crippen molar-refractivity contribution in [3.05, 3.63) is 89.5 Å². The Hall–Kier alpha value is -2.88. The summed E-state index contributed by atoms with van der Waals surface area (Å²) in [7, 11) is 0. The first kappa shape index (κ1) is 15.0. The van der Waals surface area contributed by atoms with Crippen LogP contribution in [0, 0.1) is 6.92 Å². The molecule has 4 heteroatoms. The third-order valence-electron chi connectivity index (χ3n) is 3.79. The lowest BCUT2D eigenvalue weighted by molar-refractivity contribution is 0.0951. The van der Waals surface area contributed by atoms with Gasteiger partial charge in [-0.1, -0.05) is 42.5 Å². The minimum absolute atomic E-state index is 0.0563. The van der Waals surface area contributed by atoms with E-state index in [2.05, 4.69) is 14.9 Å². The van der Waals surface area contributed by atoms with Crippen LogP contribution in [0.4, 0.5) is 0 Å². The molecule has 1 N–H and O–H groups in total. The summed E-state index contributed by atoms with van der Waals surface area (Å²) in [6.07, 6.45) is 3.75. The molecule has 0 saturated carbocycles. The second-order valence-corrected chi connectivity index (χ2v) is 5.47. The molecule has 0 aliphatic rings. The van der Waals surface area contributed by atoms with E-state index in [4.69, 9.17) is 0 Å². The second kappa shape index (κ2) is 6.92. The van der Waals surface area contributed by atoms with Crippen molar-refractivity contribution in [1.82, 2.24) is 14.9 Å². The molecule has 0 aliphatic heterocycles. The van der Waals surface area contributed by atoms with Gasteiger partial charge >= 0.3 is 0 Å². The number of rotatable bonds is 5. The largest absolute Gasteiger partial charge is 0.348 e. The summed E-state index contributed by atoms with van der Waals surface area (Å²) in [6.45, 7) is 3.28. The summed E-state index contributed by atoms with van der Waals surface area (Å²) in [5.41, 5.74) is 2.91. The van der Waals surface area contributed by atoms with Gasteiger partial charge in [-0.2, -0.15) is 0 Å². The molecule has 0 spiro atoms. The molecule has 3 aromatic rings. The van der Waals surface area contributed by atoms with E-state index in [-0.39, 0.29) is 5.91 Å². The molecule has 3 rings (SSSR count). The van der Waals surface area contributed by atoms with E-state index in [0.29, 0.717) is 12.1 Å². The van der Waals surface area contributed by atoms with Gasteiger partial charge in [-0.05, 0) is 30.2 Å². The highest BCUT2D eigenvalue weighted by molar-refractivity contribution is 5.94. The smallest absolute Gasteiger partial charge is 0.251 e. The van der Waals surface area contributed by atoms with Crippen LogP contribution in [0.1, 0.15) is 27.3 Å². The van der Waals surface area contributed by atoms with E-state index in [0.717, 1.165) is 23.5 Å². The molecule has 4 nitrogen and oxygen atoms in total. The van der Waals surface area contributed by atoms with Crippen LogP contribution >= 0.6 is 0 Å². The van der Waals surface area contributed by atoms with Gasteiger partial charge < -0.3 is 9.88 Å². The number of hydrogen-bond donors (Lipinski definition) is 1. The Morgan fingerprint density at radius 1 is 1.04 bits per heavy atom. The number of nitrogens with zero attached hydrogens (tertiary/aromatic N) is 2. The predicted molar refractivity (Wildman–Crippen MR) is 90.1 cm³/mol. The topological polar surface area (TPSA) is 46.9 Å². The summed E-state index contributed by atoms with van der Waals surface area (Å²) in [4.78, 5) is 16.4. The van der Waals surface area contributed by atoms with Gasteiger partial charge in [-0.3, -0.25) is 4.79 Å². The maximum absolute atomic E-state index is 12.2. The summed E-state index contributed by atoms with van der Waals surface area (Å²) < 4.78 is 2.07. The molecule has 0 unspecified atom stereocenters. The van der Waals surface area contributed by atoms with E-state index in [9.17, 15) is 4.79 Å². The second-order valence-electron chi connectivity index (χ2n) is 5.47. The van der Waals surface area contributed by atoms with Crippen LogP contribution in [0.5, 0.6) is 0 Å². The maximum Gasteiger partial charge on any atom is 0.251 e. The molecule has 23 heavy (non-hydrogen) atoms. The Bertz CT molecular complexity index is 776. The normalized spacial score (nSPS) is 10.5. The average Bonchev–Trinajstić information content (AvgIpc) is 2.99. The van der Waals surface area contributed by atoms with Crippen molar-refractivity contribution in [3.63, 3.8) is 0 Å². The minimum atomic E-state index is -0.0563. The zero-order valence-corrected chi connectivity index (χ0v) is 13.1. The van der Waals surface area contributed by atoms with Gasteiger partial charge in [0.25, 0.3) is 5.91 Å². The highest BCUT2D eigenvalue weighted by Crippen LogP contribution is 2.08. The molecule has 0 aliphatic carbocycles. The first-order valence-electron chi connectivity index (χ1n) is 7.61. The summed E-state index contributed by atoms with van der Waals surface area (Å²) in [5, 5.41) is 2.94. The SMILES string of the molecule is Cc1nccn1Cc1ccc(C(=O)NCc2ccccc2)cc1. The van der Waals surface area contributed by atoms with Crippen molar-refractivity contribution >= 4 is 5.91 Å². The van der Waals surface area contributed by atoms with Crippen molar-refractivity contribution in [3.8, 4) is 0 Å². The fourth-order valence-electron chi connectivity index (χ4n) is 2.41. The Labute approximate surface area is 135 Å². The summed E-state index contributed by atoms with van der Waals surface area (Å²) in [6, 6.07) is 17.6. The molecule has 1 amide bonds. The van der Waals surface area contributed by atoms with E-state index in [1.54, 1.807) is 6.20 Å². The Balaban J connectivity index is 1.60. The summed E-state index contributed by atoms with van der Waals surface area (Å²) in [5.74, 6) is 0.925. The van der Waals surface area contributed by atoms with Gasteiger partial charge in [-0.25, -0.2) is 4.98 Å². The number of hydrogen-bond acceptors (Lipinski definition) is 2. The quantitative estimate of drug-likeness (QED) is 0.787. The van der Waals surface area contributed by atoms with Crippen molar-refractivity contribution < 1.29 is 4.79 Å². The number of nitrogens with one attached hydrogen (secondary N) is 1. The van der Waals surface area contributed by atoms with Crippen molar-refractivity contribution in [1.29, 1.82) is 0 Å². The molecule has 0 bridgehead atoms. The lowest BCUT2D eigenvalue weighted by Crippen LogP contribution is -2.22. The van der Waals surface area contributed by atoms with Crippen LogP contribution in [0.2, 0.25) is 0 Å². The molecule has 116 valence electrons. The van der Waals surface area contributed by atoms with Crippen LogP contribution in [-0.2, 0) is 13.1 Å². The molecular formula is C19H19N3O. The van der Waals surface area contributed by atoms with E-state index in [1.165, 1.54) is 0 Å². The molecule has 0 fully saturated rings. The Morgan fingerprint density at radius 2 is 1.78 bits per heavy atom. The number of amides is 1. The van der Waals surface area contributed by atoms with E-state index >= 15 is 0 Å². The fourth-order valence-corrected chi connectivity index (χ4v) is 2.41. The third kappa shape index (κ3) is 3.86. The molecule has 0 saturated heterocycles. The fraction of sp³-hybridized carbons (Fsp3) is 0.158. The number of aromatic nitrogens is 2. The van der Waals surface area contributed by atoms with Crippen LogP contribution < -0.4 is 5.32 Å². The Morgan fingerprint density at radius 3 is 2.43 bits per heavy atom. The Kier molecular flexibility index (Phi) is 4.52. The molecular weight excluding hydrogens is 286 g/mol. The van der Waals surface area contributed by atoms with Crippen LogP contribution in [-0.4, -0.2) is 15.5 Å². The first-order chi connectivity index (χ1) is 11.2. The monoisotopic (exact) mass is 305 g/mol. The van der Waals surface area contributed by atoms with Crippen LogP contribution in [0.3, 0.4) is 0 Å². The van der Waals surface area contributed by atoms with Crippen molar-refractivity contribution in [2.45, 2.75) is 20.0 Å². The zero-order chi connectivity index (χ0) is 16.1. The standard InChI is InChI=1S/C19H19N3O/c1-15-20-11-12-22(15)14-17-7-9-18(10-8-17)19(23)21-13-16-5-3-2-4-6-16/h2-12H,13-14H2,1H3,(H,21,23). The minimum Gasteiger partial charge on any atom is -0.348 e. The van der Waals surface area contributed by atoms with Gasteiger partial charge in [0.2, 0.25) is 0 Å². The highest BCUT2D eigenvalue weighted by Gasteiger charge is 2.06. The van der Waals surface area contributed by atoms with Crippen LogP contribution in [0.15, 0.2) is 67.0 Å². The molecule has 2 aromatic carbocycles. The molecule has 0 atom stereocenters. The van der Waals surface area contributed by atoms with Crippen molar-refractivity contribution in [2.75, 3.05) is 0 Å². The van der Waals surface area contributed by atoms with Gasteiger partial charge in [0.05, 0.1) is 0 Å². The zero-order valence-electron chi connectivity index (χ0n) is 13.1. The van der Waals surface area contributed by atoms with Gasteiger partial charge in [0.15, 0.2) is 0 Å². The summed E-state index contributed by atoms with van der Waals surface area (Å²) >= 11 is 0. The number of aryl methyl sites for hydroxylation is 1. The van der Waals surface area contributed by atoms with E-state index in [1.807, 2.05) is 67.7 Å². The molecule has 1 aromatic heterocycles. The number of imidazole rings is 1. The third-order valence-corrected chi connectivity index (χ3v) is 3.79. The molecule has 1 heterocycles. The first-order valence-corrected chi connectivity index (χ1v) is 7.61. The van der Waals surface area contributed by atoms with Crippen LogP contribution in [0.25, 0.3) is 0 Å². The number of carbonyl (C=O) groups excluding carboxylic acids is 1. The maximum atomic E-state index is 12.2. The lowest BCUT2D eigenvalue weighted by Gasteiger charge is -2.08. The average molecular weight is 305 g/mol. The highest BCUT2D eigenvalue weighted by atomic mass is 16.1.